The maximum Gasteiger partial charge on any atom is 0.410 e. The van der Waals surface area contributed by atoms with Gasteiger partial charge in [0, 0.05) is 18.5 Å². The number of ether oxygens (including phenoxy) is 1. The van der Waals surface area contributed by atoms with Gasteiger partial charge in [-0.25, -0.2) is 4.79 Å². The third-order valence-corrected chi connectivity index (χ3v) is 2.54. The summed E-state index contributed by atoms with van der Waals surface area (Å²) >= 11 is 0. The number of carbonyl (C=O) groups is 1. The Labute approximate surface area is 85.4 Å². The molecular formula is C10H20N2O2. The van der Waals surface area contributed by atoms with Crippen LogP contribution in [-0.4, -0.2) is 35.7 Å². The number of hydrogen-bond acceptors (Lipinski definition) is 3. The quantitative estimate of drug-likeness (QED) is 0.692. The zero-order valence-electron chi connectivity index (χ0n) is 9.41. The first-order valence-corrected chi connectivity index (χ1v) is 5.05. The van der Waals surface area contributed by atoms with E-state index in [1.165, 1.54) is 0 Å². The number of nitrogens with zero attached hydrogens (tertiary/aromatic N) is 1. The predicted octanol–water partition coefficient (Wildman–Crippen LogP) is 1.20. The summed E-state index contributed by atoms with van der Waals surface area (Å²) < 4.78 is 5.25. The average Bonchev–Trinajstić information content (AvgIpc) is 1.99. The van der Waals surface area contributed by atoms with Crippen molar-refractivity contribution in [3.05, 3.63) is 0 Å². The molecule has 1 saturated heterocycles. The van der Waals surface area contributed by atoms with E-state index in [0.29, 0.717) is 12.5 Å². The van der Waals surface area contributed by atoms with Gasteiger partial charge in [-0.2, -0.15) is 0 Å². The number of likely N-dealkylation sites (tertiary alicyclic amines) is 1. The molecule has 0 bridgehead atoms. The Kier molecular flexibility index (Phi) is 3.04. The first kappa shape index (κ1) is 11.3. The summed E-state index contributed by atoms with van der Waals surface area (Å²) in [7, 11) is 0. The minimum absolute atomic E-state index is 0.217. The summed E-state index contributed by atoms with van der Waals surface area (Å²) in [6, 6.07) is 0.217. The van der Waals surface area contributed by atoms with Crippen molar-refractivity contribution >= 4 is 6.09 Å². The molecule has 0 aromatic carbocycles. The smallest absolute Gasteiger partial charge is 0.410 e. The Morgan fingerprint density at radius 2 is 2.14 bits per heavy atom. The van der Waals surface area contributed by atoms with Crippen LogP contribution in [0.1, 0.15) is 27.7 Å². The third kappa shape index (κ3) is 2.38. The van der Waals surface area contributed by atoms with Gasteiger partial charge in [-0.05, 0) is 34.2 Å². The molecule has 0 aromatic rings. The molecule has 0 unspecified atom stereocenters. The van der Waals surface area contributed by atoms with Gasteiger partial charge < -0.3 is 15.4 Å². The van der Waals surface area contributed by atoms with Crippen LogP contribution in [0.3, 0.4) is 0 Å². The van der Waals surface area contributed by atoms with E-state index in [1.807, 2.05) is 27.7 Å². The van der Waals surface area contributed by atoms with Crippen LogP contribution in [0.4, 0.5) is 4.79 Å². The van der Waals surface area contributed by atoms with Gasteiger partial charge in [0.2, 0.25) is 0 Å². The maximum atomic E-state index is 11.6. The molecule has 0 aliphatic carbocycles. The van der Waals surface area contributed by atoms with E-state index >= 15 is 0 Å². The maximum absolute atomic E-state index is 11.6. The Bertz CT molecular complexity index is 223. The molecule has 1 fully saturated rings. The SMILES string of the molecule is C[C@H]1[C@@H](CN)CN1C(=O)OC(C)(C)C. The highest BCUT2D eigenvalue weighted by Crippen LogP contribution is 2.25. The van der Waals surface area contributed by atoms with Gasteiger partial charge in [0.1, 0.15) is 5.60 Å². The summed E-state index contributed by atoms with van der Waals surface area (Å²) in [5, 5.41) is 0. The molecule has 0 aromatic heterocycles. The Morgan fingerprint density at radius 1 is 1.57 bits per heavy atom. The molecule has 14 heavy (non-hydrogen) atoms. The second-order valence-corrected chi connectivity index (χ2v) is 4.87. The van der Waals surface area contributed by atoms with Crippen molar-refractivity contribution in [2.45, 2.75) is 39.3 Å². The van der Waals surface area contributed by atoms with Crippen LogP contribution in [0.5, 0.6) is 0 Å². The second-order valence-electron chi connectivity index (χ2n) is 4.87. The van der Waals surface area contributed by atoms with Gasteiger partial charge in [0.15, 0.2) is 0 Å². The minimum Gasteiger partial charge on any atom is -0.444 e. The van der Waals surface area contributed by atoms with Crippen LogP contribution in [0.15, 0.2) is 0 Å². The zero-order chi connectivity index (χ0) is 10.9. The highest BCUT2D eigenvalue weighted by Gasteiger charge is 2.39. The van der Waals surface area contributed by atoms with Crippen LogP contribution < -0.4 is 5.73 Å². The largest absolute Gasteiger partial charge is 0.444 e. The van der Waals surface area contributed by atoms with Gasteiger partial charge in [0.25, 0.3) is 0 Å². The third-order valence-electron chi connectivity index (χ3n) is 2.54. The molecule has 4 nitrogen and oxygen atoms in total. The summed E-state index contributed by atoms with van der Waals surface area (Å²) in [6.07, 6.45) is -0.227. The molecule has 1 amide bonds. The van der Waals surface area contributed by atoms with Gasteiger partial charge in [-0.3, -0.25) is 0 Å². The number of amides is 1. The molecule has 0 radical (unpaired) electrons. The van der Waals surface area contributed by atoms with E-state index in [0.717, 1.165) is 6.54 Å². The fourth-order valence-corrected chi connectivity index (χ4v) is 1.52. The number of nitrogens with two attached hydrogens (primary N) is 1. The summed E-state index contributed by atoms with van der Waals surface area (Å²) in [5.41, 5.74) is 5.12. The number of rotatable bonds is 1. The van der Waals surface area contributed by atoms with Crippen molar-refractivity contribution in [3.63, 3.8) is 0 Å². The van der Waals surface area contributed by atoms with Gasteiger partial charge in [0.05, 0.1) is 0 Å². The second kappa shape index (κ2) is 3.77. The molecule has 4 heteroatoms. The molecule has 0 saturated carbocycles. The van der Waals surface area contributed by atoms with Crippen LogP contribution in [0.2, 0.25) is 0 Å². The lowest BCUT2D eigenvalue weighted by molar-refractivity contribution is -0.0227. The van der Waals surface area contributed by atoms with Gasteiger partial charge in [-0.15, -0.1) is 0 Å². The molecule has 1 aliphatic heterocycles. The fraction of sp³-hybridized carbons (Fsp3) is 0.900. The minimum atomic E-state index is -0.412. The molecule has 82 valence electrons. The first-order chi connectivity index (χ1) is 6.35. The van der Waals surface area contributed by atoms with Crippen LogP contribution >= 0.6 is 0 Å². The summed E-state index contributed by atoms with van der Waals surface area (Å²) in [6.45, 7) is 8.99. The molecular weight excluding hydrogens is 180 g/mol. The predicted molar refractivity (Wildman–Crippen MR) is 54.9 cm³/mol. The van der Waals surface area contributed by atoms with E-state index < -0.39 is 5.60 Å². The molecule has 2 N–H and O–H groups in total. The fourth-order valence-electron chi connectivity index (χ4n) is 1.52. The Balaban J connectivity index is 2.42. The van der Waals surface area contributed by atoms with Crippen molar-refractivity contribution in [2.24, 2.45) is 11.7 Å². The average molecular weight is 200 g/mol. The lowest BCUT2D eigenvalue weighted by Gasteiger charge is -2.45. The summed E-state index contributed by atoms with van der Waals surface area (Å²) in [5.74, 6) is 0.433. The lowest BCUT2D eigenvalue weighted by atomic mass is 9.91. The topological polar surface area (TPSA) is 55.6 Å². The van der Waals surface area contributed by atoms with Crippen molar-refractivity contribution in [1.82, 2.24) is 4.90 Å². The molecule has 1 heterocycles. The molecule has 0 spiro atoms. The first-order valence-electron chi connectivity index (χ1n) is 5.05. The van der Waals surface area contributed by atoms with Gasteiger partial charge >= 0.3 is 6.09 Å². The van der Waals surface area contributed by atoms with Crippen molar-refractivity contribution in [2.75, 3.05) is 13.1 Å². The normalized spacial score (nSPS) is 27.1. The van der Waals surface area contributed by atoms with Crippen molar-refractivity contribution < 1.29 is 9.53 Å². The van der Waals surface area contributed by atoms with E-state index in [4.69, 9.17) is 10.5 Å². The standard InChI is InChI=1S/C10H20N2O2/c1-7-8(5-11)6-12(7)9(13)14-10(2,3)4/h7-8H,5-6,11H2,1-4H3/t7-,8-/m0/s1. The number of carbonyl (C=O) groups excluding carboxylic acids is 1. The van der Waals surface area contributed by atoms with Gasteiger partial charge in [-0.1, -0.05) is 0 Å². The van der Waals surface area contributed by atoms with Crippen LogP contribution in [0.25, 0.3) is 0 Å². The number of hydrogen-bond donors (Lipinski definition) is 1. The molecule has 1 rings (SSSR count). The van der Waals surface area contributed by atoms with Crippen LogP contribution in [-0.2, 0) is 4.74 Å². The molecule has 2 atom stereocenters. The Hall–Kier alpha value is -0.770. The van der Waals surface area contributed by atoms with Crippen molar-refractivity contribution in [3.8, 4) is 0 Å². The lowest BCUT2D eigenvalue weighted by Crippen LogP contribution is -2.60. The summed E-state index contributed by atoms with van der Waals surface area (Å²) in [4.78, 5) is 13.3. The van der Waals surface area contributed by atoms with E-state index in [9.17, 15) is 4.79 Å². The van der Waals surface area contributed by atoms with Crippen LogP contribution in [0, 0.1) is 5.92 Å². The van der Waals surface area contributed by atoms with E-state index in [2.05, 4.69) is 0 Å². The molecule has 1 aliphatic rings. The van der Waals surface area contributed by atoms with E-state index in [1.54, 1.807) is 4.90 Å². The highest BCUT2D eigenvalue weighted by molar-refractivity contribution is 5.69. The monoisotopic (exact) mass is 200 g/mol. The highest BCUT2D eigenvalue weighted by atomic mass is 16.6. The zero-order valence-corrected chi connectivity index (χ0v) is 9.41. The van der Waals surface area contributed by atoms with E-state index in [-0.39, 0.29) is 12.1 Å². The van der Waals surface area contributed by atoms with Crippen molar-refractivity contribution in [1.29, 1.82) is 0 Å². The Morgan fingerprint density at radius 3 is 2.50 bits per heavy atom.